The molecule has 0 spiro atoms. The van der Waals surface area contributed by atoms with Crippen molar-refractivity contribution < 1.29 is 22.4 Å². The standard InChI is InChI=1S/C16H16ClFN4O4S/c1-10(23)20-11-2-5-13(6-3-11)27(25,26)22(9-16(24)21-19)12-4-7-15(18)14(17)8-12/h2-8H,9,19H2,1H3,(H,20,23)(H,21,24). The van der Waals surface area contributed by atoms with Crippen molar-refractivity contribution in [1.29, 1.82) is 0 Å². The Morgan fingerprint density at radius 3 is 2.33 bits per heavy atom. The van der Waals surface area contributed by atoms with Crippen LogP contribution < -0.4 is 20.9 Å². The summed E-state index contributed by atoms with van der Waals surface area (Å²) in [6, 6.07) is 8.57. The third-order valence-electron chi connectivity index (χ3n) is 3.40. The van der Waals surface area contributed by atoms with Gasteiger partial charge in [-0.2, -0.15) is 0 Å². The first-order valence-electron chi connectivity index (χ1n) is 7.50. The highest BCUT2D eigenvalue weighted by atomic mass is 35.5. The minimum Gasteiger partial charge on any atom is -0.326 e. The summed E-state index contributed by atoms with van der Waals surface area (Å²) in [5.74, 6) is 3.22. The van der Waals surface area contributed by atoms with Crippen LogP contribution in [0.4, 0.5) is 15.8 Å². The summed E-state index contributed by atoms with van der Waals surface area (Å²) in [7, 11) is -4.21. The number of sulfonamides is 1. The smallest absolute Gasteiger partial charge is 0.264 e. The van der Waals surface area contributed by atoms with Gasteiger partial charge in [-0.1, -0.05) is 11.6 Å². The number of hydrogen-bond donors (Lipinski definition) is 3. The summed E-state index contributed by atoms with van der Waals surface area (Å²) in [6.07, 6.45) is 0. The maximum absolute atomic E-state index is 13.4. The lowest BCUT2D eigenvalue weighted by Crippen LogP contribution is -2.43. The minimum absolute atomic E-state index is 0.0177. The van der Waals surface area contributed by atoms with E-state index in [1.807, 2.05) is 5.43 Å². The topological polar surface area (TPSA) is 122 Å². The van der Waals surface area contributed by atoms with Crippen molar-refractivity contribution in [2.45, 2.75) is 11.8 Å². The van der Waals surface area contributed by atoms with Gasteiger partial charge in [-0.3, -0.25) is 19.3 Å². The molecule has 8 nitrogen and oxygen atoms in total. The number of carbonyl (C=O) groups is 2. The van der Waals surface area contributed by atoms with Crippen LogP contribution in [-0.4, -0.2) is 26.8 Å². The zero-order valence-corrected chi connectivity index (χ0v) is 15.6. The lowest BCUT2D eigenvalue weighted by molar-refractivity contribution is -0.119. The number of nitrogens with zero attached hydrogens (tertiary/aromatic N) is 1. The van der Waals surface area contributed by atoms with Crippen LogP contribution in [0.3, 0.4) is 0 Å². The van der Waals surface area contributed by atoms with Gasteiger partial charge in [0.2, 0.25) is 5.91 Å². The highest BCUT2D eigenvalue weighted by molar-refractivity contribution is 7.92. The van der Waals surface area contributed by atoms with E-state index in [0.29, 0.717) is 5.69 Å². The Balaban J connectivity index is 2.47. The summed E-state index contributed by atoms with van der Waals surface area (Å²) in [5, 5.41) is 2.21. The van der Waals surface area contributed by atoms with Crippen molar-refractivity contribution in [1.82, 2.24) is 5.43 Å². The third-order valence-corrected chi connectivity index (χ3v) is 5.48. The second-order valence-electron chi connectivity index (χ2n) is 5.38. The number of nitrogens with one attached hydrogen (secondary N) is 2. The molecule has 2 rings (SSSR count). The summed E-state index contributed by atoms with van der Waals surface area (Å²) < 4.78 is 40.2. The van der Waals surface area contributed by atoms with E-state index in [1.54, 1.807) is 0 Å². The number of hydrogen-bond acceptors (Lipinski definition) is 5. The summed E-state index contributed by atoms with van der Waals surface area (Å²) in [4.78, 5) is 22.6. The van der Waals surface area contributed by atoms with E-state index < -0.39 is 28.3 Å². The molecule has 0 heterocycles. The van der Waals surface area contributed by atoms with Crippen molar-refractivity contribution in [3.05, 3.63) is 53.3 Å². The number of amides is 2. The predicted octanol–water partition coefficient (Wildman–Crippen LogP) is 1.62. The number of hydrazine groups is 1. The Morgan fingerprint density at radius 2 is 1.81 bits per heavy atom. The monoisotopic (exact) mass is 414 g/mol. The third kappa shape index (κ3) is 4.94. The van der Waals surface area contributed by atoms with Gasteiger partial charge < -0.3 is 5.32 Å². The highest BCUT2D eigenvalue weighted by Crippen LogP contribution is 2.28. The molecule has 2 aromatic carbocycles. The predicted molar refractivity (Wildman–Crippen MR) is 99.0 cm³/mol. The van der Waals surface area contributed by atoms with Gasteiger partial charge in [0.1, 0.15) is 12.4 Å². The normalized spacial score (nSPS) is 11.0. The Hall–Kier alpha value is -2.69. The van der Waals surface area contributed by atoms with Gasteiger partial charge in [0.05, 0.1) is 15.6 Å². The van der Waals surface area contributed by atoms with Gasteiger partial charge in [0, 0.05) is 12.6 Å². The molecule has 11 heteroatoms. The number of halogens is 2. The first-order chi connectivity index (χ1) is 12.6. The van der Waals surface area contributed by atoms with E-state index in [0.717, 1.165) is 16.4 Å². The molecule has 0 aliphatic heterocycles. The molecule has 2 amide bonds. The lowest BCUT2D eigenvalue weighted by atomic mass is 10.3. The summed E-state index contributed by atoms with van der Waals surface area (Å²) in [6.45, 7) is 0.671. The number of carbonyl (C=O) groups excluding carboxylic acids is 2. The number of nitrogens with two attached hydrogens (primary N) is 1. The molecule has 144 valence electrons. The van der Waals surface area contributed by atoms with Crippen LogP contribution in [0.2, 0.25) is 5.02 Å². The molecule has 4 N–H and O–H groups in total. The quantitative estimate of drug-likeness (QED) is 0.376. The molecule has 0 aliphatic carbocycles. The first kappa shape index (κ1) is 20.6. The zero-order chi connectivity index (χ0) is 20.2. The van der Waals surface area contributed by atoms with Crippen molar-refractivity contribution in [3.63, 3.8) is 0 Å². The molecule has 0 atom stereocenters. The molecule has 0 fully saturated rings. The van der Waals surface area contributed by atoms with Crippen molar-refractivity contribution >= 4 is 44.8 Å². The van der Waals surface area contributed by atoms with Crippen molar-refractivity contribution in [2.24, 2.45) is 5.84 Å². The van der Waals surface area contributed by atoms with Crippen LogP contribution >= 0.6 is 11.6 Å². The van der Waals surface area contributed by atoms with Gasteiger partial charge in [-0.25, -0.2) is 18.7 Å². The Morgan fingerprint density at radius 1 is 1.19 bits per heavy atom. The SMILES string of the molecule is CC(=O)Nc1ccc(S(=O)(=O)N(CC(=O)NN)c2ccc(F)c(Cl)c2)cc1. The van der Waals surface area contributed by atoms with E-state index in [2.05, 4.69) is 5.32 Å². The molecule has 27 heavy (non-hydrogen) atoms. The molecule has 2 aromatic rings. The molecule has 0 unspecified atom stereocenters. The van der Waals surface area contributed by atoms with Gasteiger partial charge in [-0.15, -0.1) is 0 Å². The minimum atomic E-state index is -4.21. The second kappa shape index (κ2) is 8.33. The van der Waals surface area contributed by atoms with Gasteiger partial charge in [-0.05, 0) is 42.5 Å². The number of anilines is 2. The van der Waals surface area contributed by atoms with Crippen LogP contribution in [-0.2, 0) is 19.6 Å². The molecule has 0 aliphatic rings. The molecule has 0 saturated carbocycles. The van der Waals surface area contributed by atoms with Gasteiger partial charge in [0.15, 0.2) is 0 Å². The van der Waals surface area contributed by atoms with E-state index >= 15 is 0 Å². The van der Waals surface area contributed by atoms with E-state index in [1.165, 1.54) is 37.3 Å². The van der Waals surface area contributed by atoms with Crippen molar-refractivity contribution in [3.8, 4) is 0 Å². The van der Waals surface area contributed by atoms with Crippen LogP contribution in [0, 0.1) is 5.82 Å². The van der Waals surface area contributed by atoms with Crippen LogP contribution in [0.1, 0.15) is 6.92 Å². The zero-order valence-electron chi connectivity index (χ0n) is 14.1. The first-order valence-corrected chi connectivity index (χ1v) is 9.32. The molecular weight excluding hydrogens is 399 g/mol. The summed E-state index contributed by atoms with van der Waals surface area (Å²) in [5.41, 5.74) is 2.23. The van der Waals surface area contributed by atoms with Gasteiger partial charge in [0.25, 0.3) is 15.9 Å². The molecular formula is C16H16ClFN4O4S. The second-order valence-corrected chi connectivity index (χ2v) is 7.65. The average molecular weight is 415 g/mol. The van der Waals surface area contributed by atoms with E-state index in [-0.39, 0.29) is 21.5 Å². The maximum atomic E-state index is 13.4. The molecule has 0 bridgehead atoms. The van der Waals surface area contributed by atoms with Crippen molar-refractivity contribution in [2.75, 3.05) is 16.2 Å². The van der Waals surface area contributed by atoms with E-state index in [9.17, 15) is 22.4 Å². The fourth-order valence-electron chi connectivity index (χ4n) is 2.17. The molecule has 0 saturated heterocycles. The summed E-state index contributed by atoms with van der Waals surface area (Å²) >= 11 is 5.73. The Labute approximate surface area is 160 Å². The lowest BCUT2D eigenvalue weighted by Gasteiger charge is -2.24. The number of rotatable bonds is 6. The molecule has 0 radical (unpaired) electrons. The van der Waals surface area contributed by atoms with Crippen LogP contribution in [0.15, 0.2) is 47.4 Å². The fraction of sp³-hybridized carbons (Fsp3) is 0.125. The fourth-order valence-corrected chi connectivity index (χ4v) is 3.76. The Bertz CT molecular complexity index is 967. The number of benzene rings is 2. The maximum Gasteiger partial charge on any atom is 0.264 e. The van der Waals surface area contributed by atoms with E-state index in [4.69, 9.17) is 17.4 Å². The Kier molecular flexibility index (Phi) is 6.37. The van der Waals surface area contributed by atoms with Gasteiger partial charge >= 0.3 is 0 Å². The van der Waals surface area contributed by atoms with Crippen LogP contribution in [0.5, 0.6) is 0 Å². The average Bonchev–Trinajstić information content (AvgIpc) is 2.61. The molecule has 0 aromatic heterocycles. The largest absolute Gasteiger partial charge is 0.326 e. The highest BCUT2D eigenvalue weighted by Gasteiger charge is 2.27. The van der Waals surface area contributed by atoms with Crippen LogP contribution in [0.25, 0.3) is 0 Å².